The predicted octanol–water partition coefficient (Wildman–Crippen LogP) is 2.92. The van der Waals surface area contributed by atoms with Crippen LogP contribution < -0.4 is 4.74 Å². The van der Waals surface area contributed by atoms with Gasteiger partial charge in [0.05, 0.1) is 12.8 Å². The van der Waals surface area contributed by atoms with Crippen LogP contribution in [-0.2, 0) is 6.42 Å². The standard InChI is InChI=1S/C14H18N2OS/c1-16(2)9-8-12-10-18-14(15-12)11-4-6-13(17-3)7-5-11/h4-7,10H,8-9H2,1-3H3. The summed E-state index contributed by atoms with van der Waals surface area (Å²) in [7, 11) is 5.84. The molecule has 18 heavy (non-hydrogen) atoms. The number of benzene rings is 1. The molecule has 0 amide bonds. The maximum Gasteiger partial charge on any atom is 0.123 e. The molecule has 0 spiro atoms. The van der Waals surface area contributed by atoms with E-state index in [1.165, 1.54) is 5.69 Å². The van der Waals surface area contributed by atoms with Crippen molar-refractivity contribution in [2.75, 3.05) is 27.7 Å². The number of hydrogen-bond acceptors (Lipinski definition) is 4. The number of likely N-dealkylation sites (N-methyl/N-ethyl adjacent to an activating group) is 1. The molecule has 0 aliphatic carbocycles. The summed E-state index contributed by atoms with van der Waals surface area (Å²) in [5.41, 5.74) is 2.32. The number of nitrogens with zero attached hydrogens (tertiary/aromatic N) is 2. The minimum absolute atomic E-state index is 0.878. The molecule has 0 unspecified atom stereocenters. The number of aromatic nitrogens is 1. The van der Waals surface area contributed by atoms with Gasteiger partial charge in [0.15, 0.2) is 0 Å². The van der Waals surface area contributed by atoms with Crippen molar-refractivity contribution in [2.45, 2.75) is 6.42 Å². The lowest BCUT2D eigenvalue weighted by Gasteiger charge is -2.06. The molecule has 0 N–H and O–H groups in total. The number of methoxy groups -OCH3 is 1. The van der Waals surface area contributed by atoms with Gasteiger partial charge in [-0.25, -0.2) is 4.98 Å². The Morgan fingerprint density at radius 3 is 2.56 bits per heavy atom. The zero-order valence-corrected chi connectivity index (χ0v) is 11.8. The lowest BCUT2D eigenvalue weighted by Crippen LogP contribution is -2.15. The smallest absolute Gasteiger partial charge is 0.123 e. The van der Waals surface area contributed by atoms with Gasteiger partial charge in [0, 0.05) is 23.9 Å². The van der Waals surface area contributed by atoms with Crippen LogP contribution >= 0.6 is 11.3 Å². The molecule has 0 aliphatic rings. The van der Waals surface area contributed by atoms with E-state index in [0.717, 1.165) is 29.3 Å². The lowest BCUT2D eigenvalue weighted by atomic mass is 10.2. The molecule has 4 heteroatoms. The van der Waals surface area contributed by atoms with Crippen LogP contribution in [0.15, 0.2) is 29.6 Å². The van der Waals surface area contributed by atoms with E-state index in [9.17, 15) is 0 Å². The van der Waals surface area contributed by atoms with Crippen LogP contribution in [0.4, 0.5) is 0 Å². The van der Waals surface area contributed by atoms with Crippen molar-refractivity contribution >= 4 is 11.3 Å². The van der Waals surface area contributed by atoms with Gasteiger partial charge in [-0.2, -0.15) is 0 Å². The van der Waals surface area contributed by atoms with Gasteiger partial charge >= 0.3 is 0 Å². The Bertz CT molecular complexity index is 491. The molecule has 0 radical (unpaired) electrons. The fraction of sp³-hybridized carbons (Fsp3) is 0.357. The zero-order chi connectivity index (χ0) is 13.0. The molecule has 1 aromatic heterocycles. The van der Waals surface area contributed by atoms with E-state index in [-0.39, 0.29) is 0 Å². The first-order chi connectivity index (χ1) is 8.69. The Balaban J connectivity index is 2.08. The van der Waals surface area contributed by atoms with Crippen molar-refractivity contribution in [3.8, 4) is 16.3 Å². The zero-order valence-electron chi connectivity index (χ0n) is 11.0. The van der Waals surface area contributed by atoms with Crippen molar-refractivity contribution in [1.82, 2.24) is 9.88 Å². The Morgan fingerprint density at radius 2 is 1.94 bits per heavy atom. The third-order valence-electron chi connectivity index (χ3n) is 2.70. The summed E-state index contributed by atoms with van der Waals surface area (Å²) < 4.78 is 5.15. The molecule has 2 aromatic rings. The topological polar surface area (TPSA) is 25.4 Å². The molecule has 96 valence electrons. The maximum atomic E-state index is 5.15. The van der Waals surface area contributed by atoms with Gasteiger partial charge in [0.1, 0.15) is 10.8 Å². The summed E-state index contributed by atoms with van der Waals surface area (Å²) in [5, 5.41) is 3.22. The summed E-state index contributed by atoms with van der Waals surface area (Å²) >= 11 is 1.70. The van der Waals surface area contributed by atoms with Crippen molar-refractivity contribution < 1.29 is 4.74 Å². The summed E-state index contributed by atoms with van der Waals surface area (Å²) in [4.78, 5) is 6.83. The maximum absolute atomic E-state index is 5.15. The molecule has 2 rings (SSSR count). The van der Waals surface area contributed by atoms with Crippen LogP contribution in [0.1, 0.15) is 5.69 Å². The third kappa shape index (κ3) is 3.31. The second kappa shape index (κ2) is 5.98. The van der Waals surface area contributed by atoms with Gasteiger partial charge in [-0.05, 0) is 38.4 Å². The van der Waals surface area contributed by atoms with Gasteiger partial charge in [-0.15, -0.1) is 11.3 Å². The number of hydrogen-bond donors (Lipinski definition) is 0. The van der Waals surface area contributed by atoms with Crippen molar-refractivity contribution in [1.29, 1.82) is 0 Å². The summed E-state index contributed by atoms with van der Waals surface area (Å²) in [6.07, 6.45) is 1.000. The van der Waals surface area contributed by atoms with Crippen LogP contribution in [0, 0.1) is 0 Å². The van der Waals surface area contributed by atoms with Crippen molar-refractivity contribution in [3.63, 3.8) is 0 Å². The van der Waals surface area contributed by atoms with Gasteiger partial charge < -0.3 is 9.64 Å². The average Bonchev–Trinajstić information content (AvgIpc) is 2.85. The molecule has 0 fully saturated rings. The van der Waals surface area contributed by atoms with Crippen LogP contribution in [-0.4, -0.2) is 37.6 Å². The van der Waals surface area contributed by atoms with Crippen LogP contribution in [0.3, 0.4) is 0 Å². The molecule has 0 aliphatic heterocycles. The van der Waals surface area contributed by atoms with E-state index < -0.39 is 0 Å². The quantitative estimate of drug-likeness (QED) is 0.828. The monoisotopic (exact) mass is 262 g/mol. The molecular formula is C14H18N2OS. The lowest BCUT2D eigenvalue weighted by molar-refractivity contribution is 0.412. The highest BCUT2D eigenvalue weighted by Crippen LogP contribution is 2.25. The minimum Gasteiger partial charge on any atom is -0.497 e. The summed E-state index contributed by atoms with van der Waals surface area (Å²) in [6.45, 7) is 1.03. The van der Waals surface area contributed by atoms with E-state index in [4.69, 9.17) is 4.74 Å². The van der Waals surface area contributed by atoms with Gasteiger partial charge in [0.25, 0.3) is 0 Å². The van der Waals surface area contributed by atoms with Crippen LogP contribution in [0.5, 0.6) is 5.75 Å². The third-order valence-corrected chi connectivity index (χ3v) is 3.64. The van der Waals surface area contributed by atoms with E-state index in [2.05, 4.69) is 29.4 Å². The highest BCUT2D eigenvalue weighted by atomic mass is 32.1. The number of thiazole rings is 1. The summed E-state index contributed by atoms with van der Waals surface area (Å²) in [5.74, 6) is 0.878. The van der Waals surface area contributed by atoms with Crippen LogP contribution in [0.2, 0.25) is 0 Å². The van der Waals surface area contributed by atoms with Crippen molar-refractivity contribution in [3.05, 3.63) is 35.3 Å². The highest BCUT2D eigenvalue weighted by Gasteiger charge is 2.05. The Morgan fingerprint density at radius 1 is 1.22 bits per heavy atom. The van der Waals surface area contributed by atoms with E-state index in [1.807, 2.05) is 24.3 Å². The largest absolute Gasteiger partial charge is 0.497 e. The highest BCUT2D eigenvalue weighted by molar-refractivity contribution is 7.13. The van der Waals surface area contributed by atoms with E-state index in [0.29, 0.717) is 0 Å². The average molecular weight is 262 g/mol. The fourth-order valence-electron chi connectivity index (χ4n) is 1.63. The van der Waals surface area contributed by atoms with Crippen LogP contribution in [0.25, 0.3) is 10.6 Å². The van der Waals surface area contributed by atoms with Gasteiger partial charge in [-0.1, -0.05) is 0 Å². The van der Waals surface area contributed by atoms with E-state index >= 15 is 0 Å². The molecule has 1 aromatic carbocycles. The normalized spacial score (nSPS) is 10.9. The van der Waals surface area contributed by atoms with Gasteiger partial charge in [-0.3, -0.25) is 0 Å². The van der Waals surface area contributed by atoms with Crippen molar-refractivity contribution in [2.24, 2.45) is 0 Å². The summed E-state index contributed by atoms with van der Waals surface area (Å²) in [6, 6.07) is 8.03. The molecule has 1 heterocycles. The number of ether oxygens (including phenoxy) is 1. The van der Waals surface area contributed by atoms with E-state index in [1.54, 1.807) is 18.4 Å². The Kier molecular flexibility index (Phi) is 4.33. The molecule has 0 atom stereocenters. The fourth-order valence-corrected chi connectivity index (χ4v) is 2.49. The predicted molar refractivity (Wildman–Crippen MR) is 76.4 cm³/mol. The first-order valence-corrected chi connectivity index (χ1v) is 6.80. The molecular weight excluding hydrogens is 244 g/mol. The molecule has 3 nitrogen and oxygen atoms in total. The Labute approximate surface area is 112 Å². The number of rotatable bonds is 5. The van der Waals surface area contributed by atoms with Gasteiger partial charge in [0.2, 0.25) is 0 Å². The molecule has 0 saturated heterocycles. The minimum atomic E-state index is 0.878. The molecule has 0 saturated carbocycles. The first-order valence-electron chi connectivity index (χ1n) is 5.92. The molecule has 0 bridgehead atoms. The Hall–Kier alpha value is -1.39. The second-order valence-electron chi connectivity index (χ2n) is 4.43. The first kappa shape index (κ1) is 13.1. The SMILES string of the molecule is COc1ccc(-c2nc(CCN(C)C)cs2)cc1. The second-order valence-corrected chi connectivity index (χ2v) is 5.28.